The number of piperidine rings is 1. The monoisotopic (exact) mass is 592 g/mol. The number of ether oxygens (including phenoxy) is 1. The number of anilines is 1. The molecule has 1 aromatic heterocycles. The number of rotatable bonds is 7. The highest BCUT2D eigenvalue weighted by molar-refractivity contribution is 7.98. The average molecular weight is 593 g/mol. The maximum atomic E-state index is 14.1. The fourth-order valence-electron chi connectivity index (χ4n) is 5.34. The molecule has 0 spiro atoms. The van der Waals surface area contributed by atoms with Crippen LogP contribution < -0.4 is 19.8 Å². The van der Waals surface area contributed by atoms with E-state index in [-0.39, 0.29) is 17.9 Å². The zero-order valence-electron chi connectivity index (χ0n) is 23.5. The van der Waals surface area contributed by atoms with E-state index in [1.54, 1.807) is 42.3 Å². The van der Waals surface area contributed by atoms with Crippen molar-refractivity contribution in [1.29, 1.82) is 0 Å². The van der Waals surface area contributed by atoms with Gasteiger partial charge in [0.1, 0.15) is 0 Å². The van der Waals surface area contributed by atoms with Crippen molar-refractivity contribution in [3.05, 3.63) is 94.7 Å². The predicted molar refractivity (Wildman–Crippen MR) is 162 cm³/mol. The normalized spacial score (nSPS) is 17.8. The standard InChI is InChI=1S/C30H32N4O5S2/c1-5-39-29(36)26-19(3)31-30-33(27(26)20-6-9-23(40-4)10-7-20)28(35)25(41-30)17-21-16-22(34(37)38)8-11-24(21)32-14-12-18(2)13-15-32/h6-11,16-18,27H,5,12-15H2,1-4H3/b25-17+/t27-/m1/s1. The minimum absolute atomic E-state index is 0.0367. The summed E-state index contributed by atoms with van der Waals surface area (Å²) >= 11 is 2.82. The molecule has 1 fully saturated rings. The van der Waals surface area contributed by atoms with Crippen LogP contribution in [0.4, 0.5) is 11.4 Å². The summed E-state index contributed by atoms with van der Waals surface area (Å²) in [6.45, 7) is 7.60. The summed E-state index contributed by atoms with van der Waals surface area (Å²) in [6, 6.07) is 11.9. The largest absolute Gasteiger partial charge is 0.463 e. The SMILES string of the molecule is CCOC(=O)C1=C(C)N=c2s/c(=C/c3cc([N+](=O)[O-])ccc3N3CCC(C)CC3)c(=O)n2[C@@H]1c1ccc(SC)cc1. The van der Waals surface area contributed by atoms with E-state index >= 15 is 0 Å². The molecule has 5 rings (SSSR count). The highest BCUT2D eigenvalue weighted by Gasteiger charge is 2.33. The van der Waals surface area contributed by atoms with E-state index < -0.39 is 16.9 Å². The number of esters is 1. The molecule has 2 aliphatic heterocycles. The van der Waals surface area contributed by atoms with Gasteiger partial charge in [0, 0.05) is 41.4 Å². The number of thioether (sulfide) groups is 1. The van der Waals surface area contributed by atoms with Gasteiger partial charge in [0.05, 0.1) is 33.4 Å². The van der Waals surface area contributed by atoms with Gasteiger partial charge in [0.2, 0.25) is 0 Å². The second-order valence-corrected chi connectivity index (χ2v) is 12.1. The molecule has 3 heterocycles. The van der Waals surface area contributed by atoms with Gasteiger partial charge in [-0.05, 0) is 68.7 Å². The molecule has 41 heavy (non-hydrogen) atoms. The van der Waals surface area contributed by atoms with Gasteiger partial charge in [0.25, 0.3) is 11.2 Å². The second-order valence-electron chi connectivity index (χ2n) is 10.2. The maximum absolute atomic E-state index is 14.1. The molecule has 9 nitrogen and oxygen atoms in total. The molecule has 0 unspecified atom stereocenters. The number of nitro benzene ring substituents is 1. The molecule has 2 aromatic carbocycles. The second kappa shape index (κ2) is 12.0. The number of allylic oxidation sites excluding steroid dienone is 1. The summed E-state index contributed by atoms with van der Waals surface area (Å²) in [7, 11) is 0. The van der Waals surface area contributed by atoms with Crippen molar-refractivity contribution >= 4 is 46.5 Å². The fraction of sp³-hybridized carbons (Fsp3) is 0.367. The zero-order valence-corrected chi connectivity index (χ0v) is 25.1. The Labute approximate surface area is 246 Å². The van der Waals surface area contributed by atoms with Crippen molar-refractivity contribution in [3.8, 4) is 0 Å². The molecule has 0 amide bonds. The van der Waals surface area contributed by atoms with Gasteiger partial charge in [-0.15, -0.1) is 11.8 Å². The van der Waals surface area contributed by atoms with E-state index in [0.29, 0.717) is 32.1 Å². The molecule has 3 aromatic rings. The number of nitro groups is 1. The summed E-state index contributed by atoms with van der Waals surface area (Å²) < 4.78 is 7.32. The van der Waals surface area contributed by atoms with E-state index in [2.05, 4.69) is 16.8 Å². The maximum Gasteiger partial charge on any atom is 0.338 e. The first-order valence-corrected chi connectivity index (χ1v) is 15.6. The number of fused-ring (bicyclic) bond motifs is 1. The molecule has 1 saturated heterocycles. The molecule has 1 atom stereocenters. The van der Waals surface area contributed by atoms with E-state index in [1.807, 2.05) is 30.5 Å². The predicted octanol–water partition coefficient (Wildman–Crippen LogP) is 4.66. The highest BCUT2D eigenvalue weighted by atomic mass is 32.2. The quantitative estimate of drug-likeness (QED) is 0.170. The van der Waals surface area contributed by atoms with Gasteiger partial charge in [0.15, 0.2) is 4.80 Å². The molecule has 0 aliphatic carbocycles. The Bertz CT molecular complexity index is 1700. The first kappa shape index (κ1) is 28.8. The van der Waals surface area contributed by atoms with Crippen LogP contribution in [0.3, 0.4) is 0 Å². The van der Waals surface area contributed by atoms with Crippen LogP contribution in [0.1, 0.15) is 50.8 Å². The molecule has 0 saturated carbocycles. The molecule has 0 radical (unpaired) electrons. The molecular weight excluding hydrogens is 560 g/mol. The van der Waals surface area contributed by atoms with E-state index in [0.717, 1.165) is 42.1 Å². The first-order valence-electron chi connectivity index (χ1n) is 13.6. The Kier molecular flexibility index (Phi) is 8.46. The van der Waals surface area contributed by atoms with Crippen molar-refractivity contribution in [2.24, 2.45) is 10.9 Å². The Morgan fingerprint density at radius 2 is 1.93 bits per heavy atom. The number of hydrogen-bond acceptors (Lipinski definition) is 9. The van der Waals surface area contributed by atoms with Crippen LogP contribution in [0, 0.1) is 16.0 Å². The number of carbonyl (C=O) groups excluding carboxylic acids is 1. The van der Waals surface area contributed by atoms with Crippen LogP contribution in [0.5, 0.6) is 0 Å². The molecule has 0 N–H and O–H groups in total. The van der Waals surface area contributed by atoms with E-state index in [1.165, 1.54) is 23.5 Å². The van der Waals surface area contributed by atoms with Crippen LogP contribution in [-0.4, -0.2) is 41.4 Å². The molecule has 0 bridgehead atoms. The van der Waals surface area contributed by atoms with Crippen LogP contribution in [-0.2, 0) is 9.53 Å². The summed E-state index contributed by atoms with van der Waals surface area (Å²) in [4.78, 5) is 46.8. The summed E-state index contributed by atoms with van der Waals surface area (Å²) in [6.07, 6.45) is 5.77. The summed E-state index contributed by atoms with van der Waals surface area (Å²) in [5.41, 5.74) is 2.71. The first-order chi connectivity index (χ1) is 19.7. The molecule has 214 valence electrons. The Morgan fingerprint density at radius 3 is 2.56 bits per heavy atom. The van der Waals surface area contributed by atoms with Crippen LogP contribution >= 0.6 is 23.1 Å². The van der Waals surface area contributed by atoms with Crippen LogP contribution in [0.25, 0.3) is 6.08 Å². The fourth-order valence-corrected chi connectivity index (χ4v) is 6.79. The number of carbonyl (C=O) groups is 1. The Hall–Kier alpha value is -3.70. The lowest BCUT2D eigenvalue weighted by Crippen LogP contribution is -2.40. The summed E-state index contributed by atoms with van der Waals surface area (Å²) in [5.74, 6) is 0.112. The van der Waals surface area contributed by atoms with Gasteiger partial charge in [-0.2, -0.15) is 0 Å². The third-order valence-electron chi connectivity index (χ3n) is 7.58. The minimum atomic E-state index is -0.712. The van der Waals surface area contributed by atoms with E-state index in [9.17, 15) is 19.7 Å². The number of aromatic nitrogens is 1. The van der Waals surface area contributed by atoms with Crippen molar-refractivity contribution in [2.75, 3.05) is 30.9 Å². The van der Waals surface area contributed by atoms with Gasteiger partial charge in [-0.1, -0.05) is 30.4 Å². The van der Waals surface area contributed by atoms with Crippen LogP contribution in [0.2, 0.25) is 0 Å². The number of non-ortho nitro benzene ring substituents is 1. The zero-order chi connectivity index (χ0) is 29.3. The van der Waals surface area contributed by atoms with E-state index in [4.69, 9.17) is 4.74 Å². The topological polar surface area (TPSA) is 107 Å². The molecular formula is C30H32N4O5S2. The molecule has 2 aliphatic rings. The molecule has 11 heteroatoms. The van der Waals surface area contributed by atoms with Crippen molar-refractivity contribution in [2.45, 2.75) is 44.6 Å². The van der Waals surface area contributed by atoms with Gasteiger partial charge >= 0.3 is 5.97 Å². The minimum Gasteiger partial charge on any atom is -0.463 e. The lowest BCUT2D eigenvalue weighted by Gasteiger charge is -2.33. The Balaban J connectivity index is 1.69. The van der Waals surface area contributed by atoms with Crippen molar-refractivity contribution < 1.29 is 14.5 Å². The van der Waals surface area contributed by atoms with Crippen molar-refractivity contribution in [1.82, 2.24) is 4.57 Å². The number of hydrogen-bond donors (Lipinski definition) is 0. The third kappa shape index (κ3) is 5.73. The van der Waals surface area contributed by atoms with Gasteiger partial charge in [-0.25, -0.2) is 9.79 Å². The van der Waals surface area contributed by atoms with Crippen molar-refractivity contribution in [3.63, 3.8) is 0 Å². The lowest BCUT2D eigenvalue weighted by atomic mass is 9.96. The third-order valence-corrected chi connectivity index (χ3v) is 9.31. The number of nitrogens with zero attached hydrogens (tertiary/aromatic N) is 4. The average Bonchev–Trinajstić information content (AvgIpc) is 3.26. The highest BCUT2D eigenvalue weighted by Crippen LogP contribution is 2.32. The number of thiazole rings is 1. The summed E-state index contributed by atoms with van der Waals surface area (Å²) in [5, 5.41) is 11.6. The Morgan fingerprint density at radius 1 is 1.22 bits per heavy atom. The lowest BCUT2D eigenvalue weighted by molar-refractivity contribution is -0.384. The van der Waals surface area contributed by atoms with Gasteiger partial charge < -0.3 is 9.64 Å². The van der Waals surface area contributed by atoms with Crippen LogP contribution in [0.15, 0.2) is 68.4 Å². The smallest absolute Gasteiger partial charge is 0.338 e. The number of benzene rings is 2. The van der Waals surface area contributed by atoms with Gasteiger partial charge in [-0.3, -0.25) is 19.5 Å².